The summed E-state index contributed by atoms with van der Waals surface area (Å²) in [6, 6.07) is 6.42. The van der Waals surface area contributed by atoms with Gasteiger partial charge in [-0.25, -0.2) is 4.98 Å². The first-order valence-electron chi connectivity index (χ1n) is 13.8. The molecule has 0 unspecified atom stereocenters. The van der Waals surface area contributed by atoms with E-state index >= 15 is 0 Å². The predicted octanol–water partition coefficient (Wildman–Crippen LogP) is 6.46. The van der Waals surface area contributed by atoms with Crippen molar-refractivity contribution in [2.24, 2.45) is 5.41 Å². The quantitative estimate of drug-likeness (QED) is 0.224. The number of aromatic amines is 2. The molecule has 1 aliphatic heterocycles. The van der Waals surface area contributed by atoms with Crippen molar-refractivity contribution in [1.82, 2.24) is 34.9 Å². The average Bonchev–Trinajstić information content (AvgIpc) is 3.49. The number of hydrogen-bond donors (Lipinski definition) is 3. The van der Waals surface area contributed by atoms with Gasteiger partial charge >= 0.3 is 0 Å². The number of fused-ring (bicyclic) bond motifs is 1. The molecule has 0 radical (unpaired) electrons. The Kier molecular flexibility index (Phi) is 7.63. The normalized spacial score (nSPS) is 15.0. The van der Waals surface area contributed by atoms with Crippen molar-refractivity contribution in [1.29, 1.82) is 0 Å². The van der Waals surface area contributed by atoms with Gasteiger partial charge in [0.15, 0.2) is 5.65 Å². The Morgan fingerprint density at radius 2 is 1.82 bits per heavy atom. The first kappa shape index (κ1) is 27.4. The van der Waals surface area contributed by atoms with E-state index in [0.29, 0.717) is 5.65 Å². The van der Waals surface area contributed by atoms with E-state index in [1.54, 1.807) is 0 Å². The number of H-pyrrole nitrogens is 2. The second kappa shape index (κ2) is 11.1. The molecule has 1 fully saturated rings. The Balaban J connectivity index is 1.45. The monoisotopic (exact) mass is 536 g/mol. The van der Waals surface area contributed by atoms with Crippen LogP contribution in [0.1, 0.15) is 38.4 Å². The summed E-state index contributed by atoms with van der Waals surface area (Å²) in [6.07, 6.45) is 10.4. The summed E-state index contributed by atoms with van der Waals surface area (Å²) in [7, 11) is 2.17. The Hall–Kier alpha value is -4.17. The molecule has 0 saturated carbocycles. The van der Waals surface area contributed by atoms with Crippen molar-refractivity contribution < 1.29 is 0 Å². The summed E-state index contributed by atoms with van der Waals surface area (Å²) in [5.74, 6) is 0. The molecule has 0 atom stereocenters. The molecule has 0 aliphatic carbocycles. The first-order valence-corrected chi connectivity index (χ1v) is 13.8. The number of nitrogens with zero attached hydrogens (tertiary/aromatic N) is 5. The van der Waals surface area contributed by atoms with Gasteiger partial charge in [0.05, 0.1) is 23.3 Å². The summed E-state index contributed by atoms with van der Waals surface area (Å²) < 4.78 is 0. The second-order valence-corrected chi connectivity index (χ2v) is 11.9. The predicted molar refractivity (Wildman–Crippen MR) is 166 cm³/mol. The fraction of sp³-hybridized carbons (Fsp3) is 0.344. The third kappa shape index (κ3) is 6.02. The van der Waals surface area contributed by atoms with E-state index in [9.17, 15) is 0 Å². The zero-order chi connectivity index (χ0) is 28.4. The minimum absolute atomic E-state index is 0.157. The van der Waals surface area contributed by atoms with E-state index in [2.05, 4.69) is 112 Å². The van der Waals surface area contributed by atoms with E-state index in [1.165, 1.54) is 11.3 Å². The van der Waals surface area contributed by atoms with Crippen LogP contribution in [0.2, 0.25) is 0 Å². The SMILES string of the molecule is C=C/C=C(\c1cc(-c2[nH]nc3ncc(-c4cncc(NC(=C)CC(C)(C)C)c4)cc23)[nH]c1C)N1CCN(C)CC1. The highest BCUT2D eigenvalue weighted by molar-refractivity contribution is 5.93. The lowest BCUT2D eigenvalue weighted by molar-refractivity contribution is 0.207. The number of rotatable bonds is 8. The van der Waals surface area contributed by atoms with Crippen molar-refractivity contribution in [2.45, 2.75) is 34.1 Å². The molecular weight excluding hydrogens is 496 g/mol. The summed E-state index contributed by atoms with van der Waals surface area (Å²) in [6.45, 7) is 21.0. The Bertz CT molecular complexity index is 1560. The zero-order valence-electron chi connectivity index (χ0n) is 24.3. The van der Waals surface area contributed by atoms with Crippen molar-refractivity contribution in [3.63, 3.8) is 0 Å². The van der Waals surface area contributed by atoms with E-state index in [4.69, 9.17) is 0 Å². The fourth-order valence-electron chi connectivity index (χ4n) is 5.30. The van der Waals surface area contributed by atoms with Gasteiger partial charge in [-0.3, -0.25) is 10.1 Å². The molecule has 208 valence electrons. The molecule has 5 rings (SSSR count). The highest BCUT2D eigenvalue weighted by atomic mass is 15.3. The summed E-state index contributed by atoms with van der Waals surface area (Å²) in [5, 5.41) is 12.1. The molecule has 4 aromatic heterocycles. The molecule has 0 bridgehead atoms. The van der Waals surface area contributed by atoms with Gasteiger partial charge in [0.1, 0.15) is 0 Å². The third-order valence-electron chi connectivity index (χ3n) is 7.23. The molecule has 4 aromatic rings. The van der Waals surface area contributed by atoms with Crippen LogP contribution in [0.4, 0.5) is 5.69 Å². The van der Waals surface area contributed by atoms with Crippen LogP contribution >= 0.6 is 0 Å². The number of pyridine rings is 2. The zero-order valence-corrected chi connectivity index (χ0v) is 24.3. The second-order valence-electron chi connectivity index (χ2n) is 11.9. The van der Waals surface area contributed by atoms with Crippen LogP contribution in [0.25, 0.3) is 39.2 Å². The molecule has 0 aromatic carbocycles. The summed E-state index contributed by atoms with van der Waals surface area (Å²) in [4.78, 5) is 17.5. The van der Waals surface area contributed by atoms with Gasteiger partial charge in [0.25, 0.3) is 0 Å². The van der Waals surface area contributed by atoms with Crippen LogP contribution in [0, 0.1) is 12.3 Å². The minimum Gasteiger partial charge on any atom is -0.368 e. The summed E-state index contributed by atoms with van der Waals surface area (Å²) in [5.41, 5.74) is 10.0. The van der Waals surface area contributed by atoms with Crippen molar-refractivity contribution in [3.05, 3.63) is 79.1 Å². The molecule has 0 spiro atoms. The number of nitrogens with one attached hydrogen (secondary N) is 3. The number of likely N-dealkylation sites (N-methyl/N-ethyl adjacent to an activating group) is 1. The van der Waals surface area contributed by atoms with Gasteiger partial charge < -0.3 is 20.1 Å². The third-order valence-corrected chi connectivity index (χ3v) is 7.23. The standard InChI is InChI=1S/C32H40N8/c1-8-9-29(40-12-10-39(7)11-13-40)26-16-28(36-22(26)3)30-27-15-24(19-34-31(27)38-37-30)23-14-25(20-33-18-23)35-21(2)17-32(4,5)6/h8-9,14-16,18-20,35-36H,1-2,10-13,17H2,3-7H3,(H,34,37,38)/b29-9+. The van der Waals surface area contributed by atoms with Gasteiger partial charge in [-0.1, -0.05) is 40.0 Å². The van der Waals surface area contributed by atoms with E-state index in [-0.39, 0.29) is 5.41 Å². The number of allylic oxidation sites excluding steroid dienone is 3. The smallest absolute Gasteiger partial charge is 0.181 e. The highest BCUT2D eigenvalue weighted by Gasteiger charge is 2.21. The molecule has 5 heterocycles. The molecule has 1 saturated heterocycles. The van der Waals surface area contributed by atoms with Crippen LogP contribution in [0.15, 0.2) is 67.8 Å². The number of anilines is 1. The lowest BCUT2D eigenvalue weighted by atomic mass is 9.91. The van der Waals surface area contributed by atoms with Crippen molar-refractivity contribution >= 4 is 22.4 Å². The molecule has 1 aliphatic rings. The number of hydrogen-bond acceptors (Lipinski definition) is 6. The first-order chi connectivity index (χ1) is 19.1. The summed E-state index contributed by atoms with van der Waals surface area (Å²) >= 11 is 0. The van der Waals surface area contributed by atoms with Crippen molar-refractivity contribution in [2.75, 3.05) is 38.5 Å². The van der Waals surface area contributed by atoms with Crippen LogP contribution < -0.4 is 5.32 Å². The maximum Gasteiger partial charge on any atom is 0.181 e. The Morgan fingerprint density at radius 3 is 2.55 bits per heavy atom. The topological polar surface area (TPSA) is 88.8 Å². The van der Waals surface area contributed by atoms with Gasteiger partial charge in [-0.2, -0.15) is 5.10 Å². The van der Waals surface area contributed by atoms with Gasteiger partial charge in [-0.15, -0.1) is 0 Å². The molecule has 0 amide bonds. The van der Waals surface area contributed by atoms with Crippen LogP contribution in [0.5, 0.6) is 0 Å². The maximum atomic E-state index is 4.66. The molecule has 40 heavy (non-hydrogen) atoms. The minimum atomic E-state index is 0.157. The Labute approximate surface area is 236 Å². The van der Waals surface area contributed by atoms with Crippen LogP contribution in [-0.2, 0) is 0 Å². The van der Waals surface area contributed by atoms with Crippen molar-refractivity contribution in [3.8, 4) is 22.5 Å². The highest BCUT2D eigenvalue weighted by Crippen LogP contribution is 2.33. The van der Waals surface area contributed by atoms with E-state index in [1.807, 2.05) is 24.7 Å². The van der Waals surface area contributed by atoms with Crippen LogP contribution in [-0.4, -0.2) is 68.2 Å². The molecular formula is C32H40N8. The number of piperazine rings is 1. The van der Waals surface area contributed by atoms with E-state index in [0.717, 1.165) is 77.6 Å². The molecule has 3 N–H and O–H groups in total. The average molecular weight is 537 g/mol. The van der Waals surface area contributed by atoms with E-state index < -0.39 is 0 Å². The fourth-order valence-corrected chi connectivity index (χ4v) is 5.30. The molecule has 8 nitrogen and oxygen atoms in total. The molecule has 8 heteroatoms. The lowest BCUT2D eigenvalue weighted by Gasteiger charge is -2.35. The van der Waals surface area contributed by atoms with Gasteiger partial charge in [0.2, 0.25) is 0 Å². The number of aromatic nitrogens is 5. The Morgan fingerprint density at radius 1 is 1.07 bits per heavy atom. The number of aryl methyl sites for hydroxylation is 1. The van der Waals surface area contributed by atoms with Crippen LogP contribution in [0.3, 0.4) is 0 Å². The largest absolute Gasteiger partial charge is 0.368 e. The van der Waals surface area contributed by atoms with Gasteiger partial charge in [0, 0.05) is 77.7 Å². The lowest BCUT2D eigenvalue weighted by Crippen LogP contribution is -2.43. The maximum absolute atomic E-state index is 4.66. The van der Waals surface area contributed by atoms with Gasteiger partial charge in [-0.05, 0) is 50.1 Å².